The zero-order valence-electron chi connectivity index (χ0n) is 6.57. The van der Waals surface area contributed by atoms with E-state index in [1.807, 2.05) is 4.90 Å². The van der Waals surface area contributed by atoms with Gasteiger partial charge in [-0.25, -0.2) is 0 Å². The molecule has 0 spiro atoms. The van der Waals surface area contributed by atoms with Gasteiger partial charge in [0.25, 0.3) is 0 Å². The van der Waals surface area contributed by atoms with Gasteiger partial charge in [-0.1, -0.05) is 0 Å². The van der Waals surface area contributed by atoms with Crippen LogP contribution < -0.4 is 11.5 Å². The first-order chi connectivity index (χ1) is 5.22. The van der Waals surface area contributed by atoms with Crippen LogP contribution in [0.15, 0.2) is 0 Å². The molecule has 4 heteroatoms. The summed E-state index contributed by atoms with van der Waals surface area (Å²) in [6, 6.07) is 0.275. The Morgan fingerprint density at radius 3 is 2.36 bits per heavy atom. The summed E-state index contributed by atoms with van der Waals surface area (Å²) in [6.07, 6.45) is 1.76. The molecule has 0 radical (unpaired) electrons. The lowest BCUT2D eigenvalue weighted by atomic mass is 10.0. The van der Waals surface area contributed by atoms with Gasteiger partial charge in [0.2, 0.25) is 0 Å². The molecule has 0 aromatic carbocycles. The molecule has 1 aliphatic heterocycles. The zero-order valence-corrected chi connectivity index (χ0v) is 6.57. The van der Waals surface area contributed by atoms with Crippen LogP contribution in [-0.4, -0.2) is 42.9 Å². The van der Waals surface area contributed by atoms with Crippen LogP contribution in [-0.2, 0) is 4.79 Å². The summed E-state index contributed by atoms with van der Waals surface area (Å²) in [4.78, 5) is 12.2. The Morgan fingerprint density at radius 1 is 1.36 bits per heavy atom. The fraction of sp³-hybridized carbons (Fsp3) is 0.857. The van der Waals surface area contributed by atoms with Gasteiger partial charge in [-0.15, -0.1) is 0 Å². The number of aldehydes is 1. The van der Waals surface area contributed by atoms with Gasteiger partial charge in [-0.05, 0) is 6.42 Å². The minimum absolute atomic E-state index is 0.138. The third-order valence-corrected chi connectivity index (χ3v) is 1.92. The Hall–Kier alpha value is -0.450. The first kappa shape index (κ1) is 8.64. The van der Waals surface area contributed by atoms with Crippen LogP contribution in [0.2, 0.25) is 0 Å². The average molecular weight is 157 g/mol. The van der Waals surface area contributed by atoms with Crippen molar-refractivity contribution < 1.29 is 4.79 Å². The van der Waals surface area contributed by atoms with E-state index in [9.17, 15) is 4.79 Å². The summed E-state index contributed by atoms with van der Waals surface area (Å²) in [7, 11) is 0. The Bertz CT molecular complexity index is 130. The highest BCUT2D eigenvalue weighted by molar-refractivity contribution is 5.52. The van der Waals surface area contributed by atoms with Gasteiger partial charge in [0.15, 0.2) is 0 Å². The molecule has 2 unspecified atom stereocenters. The summed E-state index contributed by atoms with van der Waals surface area (Å²) in [5.74, 6) is 0. The van der Waals surface area contributed by atoms with E-state index in [2.05, 4.69) is 0 Å². The topological polar surface area (TPSA) is 72.3 Å². The summed E-state index contributed by atoms with van der Waals surface area (Å²) in [6.45, 7) is 2.06. The minimum Gasteiger partial charge on any atom is -0.326 e. The third kappa shape index (κ3) is 2.57. The number of nitrogens with zero attached hydrogens (tertiary/aromatic N) is 1. The maximum Gasteiger partial charge on any atom is 0.133 e. The average Bonchev–Trinajstić information content (AvgIpc) is 1.85. The van der Waals surface area contributed by atoms with Crippen molar-refractivity contribution >= 4 is 6.29 Å². The molecule has 4 nitrogen and oxygen atoms in total. The van der Waals surface area contributed by atoms with Crippen LogP contribution in [0, 0.1) is 0 Å². The molecule has 2 atom stereocenters. The van der Waals surface area contributed by atoms with Gasteiger partial charge in [0.1, 0.15) is 6.29 Å². The molecule has 1 rings (SSSR count). The number of rotatable bonds is 2. The van der Waals surface area contributed by atoms with Crippen molar-refractivity contribution in [1.29, 1.82) is 0 Å². The molecule has 4 N–H and O–H groups in total. The van der Waals surface area contributed by atoms with E-state index in [-0.39, 0.29) is 12.1 Å². The van der Waals surface area contributed by atoms with Crippen LogP contribution in [0.1, 0.15) is 6.42 Å². The molecule has 0 saturated carbocycles. The first-order valence-corrected chi connectivity index (χ1v) is 3.89. The lowest BCUT2D eigenvalue weighted by Gasteiger charge is -2.33. The molecule has 0 aliphatic carbocycles. The molecule has 0 amide bonds. The van der Waals surface area contributed by atoms with E-state index in [4.69, 9.17) is 11.5 Å². The van der Waals surface area contributed by atoms with Gasteiger partial charge in [-0.2, -0.15) is 0 Å². The van der Waals surface area contributed by atoms with Crippen molar-refractivity contribution in [2.24, 2.45) is 11.5 Å². The highest BCUT2D eigenvalue weighted by Crippen LogP contribution is 2.05. The number of piperidine rings is 1. The Balaban J connectivity index is 2.36. The molecule has 11 heavy (non-hydrogen) atoms. The molecular formula is C7H15N3O. The number of likely N-dealkylation sites (tertiary alicyclic amines) is 1. The van der Waals surface area contributed by atoms with E-state index in [1.165, 1.54) is 0 Å². The zero-order chi connectivity index (χ0) is 8.27. The van der Waals surface area contributed by atoms with Crippen LogP contribution in [0.25, 0.3) is 0 Å². The van der Waals surface area contributed by atoms with Crippen molar-refractivity contribution in [3.63, 3.8) is 0 Å². The highest BCUT2D eigenvalue weighted by atomic mass is 16.1. The highest BCUT2D eigenvalue weighted by Gasteiger charge is 2.21. The molecule has 1 fully saturated rings. The second-order valence-electron chi connectivity index (χ2n) is 3.14. The normalized spacial score (nSPS) is 33.6. The predicted molar refractivity (Wildman–Crippen MR) is 43.1 cm³/mol. The van der Waals surface area contributed by atoms with Crippen LogP contribution in [0.4, 0.5) is 0 Å². The number of hydrogen-bond acceptors (Lipinski definition) is 4. The Kier molecular flexibility index (Phi) is 2.99. The van der Waals surface area contributed by atoms with E-state index < -0.39 is 0 Å². The largest absolute Gasteiger partial charge is 0.326 e. The van der Waals surface area contributed by atoms with E-state index in [1.54, 1.807) is 0 Å². The second kappa shape index (κ2) is 3.80. The Labute approximate surface area is 66.5 Å². The third-order valence-electron chi connectivity index (χ3n) is 1.92. The van der Waals surface area contributed by atoms with Crippen LogP contribution in [0.3, 0.4) is 0 Å². The fourth-order valence-corrected chi connectivity index (χ4v) is 1.53. The van der Waals surface area contributed by atoms with E-state index in [0.717, 1.165) is 25.8 Å². The maximum atomic E-state index is 10.2. The number of carbonyl (C=O) groups excluding carboxylic acids is 1. The number of nitrogens with two attached hydrogens (primary N) is 2. The lowest BCUT2D eigenvalue weighted by Crippen LogP contribution is -2.52. The second-order valence-corrected chi connectivity index (χ2v) is 3.14. The number of hydrogen-bond donors (Lipinski definition) is 2. The molecule has 0 bridgehead atoms. The fourth-order valence-electron chi connectivity index (χ4n) is 1.53. The summed E-state index contributed by atoms with van der Waals surface area (Å²) >= 11 is 0. The SMILES string of the molecule is NC1CC(N)CN(CC=O)C1. The van der Waals surface area contributed by atoms with Gasteiger partial charge in [-0.3, -0.25) is 4.90 Å². The number of carbonyl (C=O) groups is 1. The molecular weight excluding hydrogens is 142 g/mol. The first-order valence-electron chi connectivity index (χ1n) is 3.89. The lowest BCUT2D eigenvalue weighted by molar-refractivity contribution is -0.109. The molecule has 0 aromatic rings. The molecule has 0 aromatic heterocycles. The van der Waals surface area contributed by atoms with Gasteiger partial charge in [0.05, 0.1) is 6.54 Å². The molecule has 64 valence electrons. The van der Waals surface area contributed by atoms with Crippen molar-refractivity contribution in [3.05, 3.63) is 0 Å². The van der Waals surface area contributed by atoms with Gasteiger partial charge >= 0.3 is 0 Å². The predicted octanol–water partition coefficient (Wildman–Crippen LogP) is -1.45. The van der Waals surface area contributed by atoms with Crippen molar-refractivity contribution in [2.45, 2.75) is 18.5 Å². The van der Waals surface area contributed by atoms with Crippen molar-refractivity contribution in [1.82, 2.24) is 4.90 Å². The maximum absolute atomic E-state index is 10.2. The van der Waals surface area contributed by atoms with E-state index in [0.29, 0.717) is 6.54 Å². The van der Waals surface area contributed by atoms with Gasteiger partial charge < -0.3 is 16.3 Å². The van der Waals surface area contributed by atoms with Crippen molar-refractivity contribution in [2.75, 3.05) is 19.6 Å². The van der Waals surface area contributed by atoms with Crippen LogP contribution in [0.5, 0.6) is 0 Å². The monoisotopic (exact) mass is 157 g/mol. The molecule has 1 aliphatic rings. The summed E-state index contributed by atoms with van der Waals surface area (Å²) in [5, 5.41) is 0. The molecule has 1 saturated heterocycles. The Morgan fingerprint density at radius 2 is 1.91 bits per heavy atom. The van der Waals surface area contributed by atoms with Gasteiger partial charge in [0, 0.05) is 25.2 Å². The van der Waals surface area contributed by atoms with E-state index >= 15 is 0 Å². The van der Waals surface area contributed by atoms with Crippen molar-refractivity contribution in [3.8, 4) is 0 Å². The minimum atomic E-state index is 0.138. The standard InChI is InChI=1S/C7H15N3O/c8-6-3-7(9)5-10(4-6)1-2-11/h2,6-7H,1,3-5,8-9H2. The summed E-state index contributed by atoms with van der Waals surface area (Å²) in [5.41, 5.74) is 11.4. The smallest absolute Gasteiger partial charge is 0.133 e. The van der Waals surface area contributed by atoms with Crippen LogP contribution >= 0.6 is 0 Å². The molecule has 1 heterocycles. The summed E-state index contributed by atoms with van der Waals surface area (Å²) < 4.78 is 0. The quantitative estimate of drug-likeness (QED) is 0.481.